The van der Waals surface area contributed by atoms with E-state index in [-0.39, 0.29) is 30.2 Å². The lowest BCUT2D eigenvalue weighted by atomic mass is 10.2. The molecule has 4 nitrogen and oxygen atoms in total. The quantitative estimate of drug-likeness (QED) is 0.866. The lowest BCUT2D eigenvalue weighted by Crippen LogP contribution is -2.31. The average Bonchev–Trinajstić information content (AvgIpc) is 2.48. The van der Waals surface area contributed by atoms with Crippen molar-refractivity contribution >= 4 is 5.91 Å². The molecule has 2 rings (SSSR count). The summed E-state index contributed by atoms with van der Waals surface area (Å²) in [6, 6.07) is 10.2. The molecule has 106 valence electrons. The number of aromatic nitrogens is 1. The van der Waals surface area contributed by atoms with Gasteiger partial charge in [-0.05, 0) is 23.8 Å². The molecule has 1 aromatic carbocycles. The van der Waals surface area contributed by atoms with E-state index in [9.17, 15) is 14.0 Å². The van der Waals surface area contributed by atoms with Gasteiger partial charge < -0.3 is 5.32 Å². The third-order valence-electron chi connectivity index (χ3n) is 2.90. The third kappa shape index (κ3) is 3.57. The molecule has 2 aromatic rings. The summed E-state index contributed by atoms with van der Waals surface area (Å²) in [6.07, 6.45) is 5.20. The van der Waals surface area contributed by atoms with Crippen LogP contribution in [0.4, 0.5) is 4.39 Å². The predicted molar refractivity (Wildman–Crippen MR) is 77.1 cm³/mol. The van der Waals surface area contributed by atoms with Crippen molar-refractivity contribution < 1.29 is 9.18 Å². The molecule has 1 aromatic heterocycles. The molecule has 1 amide bonds. The second kappa shape index (κ2) is 6.53. The Morgan fingerprint density at radius 2 is 1.95 bits per heavy atom. The molecular weight excluding hydrogens is 271 g/mol. The summed E-state index contributed by atoms with van der Waals surface area (Å²) in [6.45, 7) is 0.261. The lowest BCUT2D eigenvalue weighted by Gasteiger charge is -2.10. The van der Waals surface area contributed by atoms with Crippen molar-refractivity contribution in [2.75, 3.05) is 0 Å². The number of hydrogen-bond donors (Lipinski definition) is 1. The van der Waals surface area contributed by atoms with Crippen molar-refractivity contribution in [3.8, 4) is 12.3 Å². The number of rotatable bonds is 4. The number of hydrogen-bond acceptors (Lipinski definition) is 2. The summed E-state index contributed by atoms with van der Waals surface area (Å²) in [5, 5.41) is 2.67. The van der Waals surface area contributed by atoms with Crippen LogP contribution < -0.4 is 10.9 Å². The molecule has 0 aliphatic carbocycles. The van der Waals surface area contributed by atoms with Gasteiger partial charge in [0.05, 0.1) is 6.54 Å². The van der Waals surface area contributed by atoms with Gasteiger partial charge in [-0.1, -0.05) is 24.1 Å². The van der Waals surface area contributed by atoms with Gasteiger partial charge >= 0.3 is 0 Å². The topological polar surface area (TPSA) is 51.1 Å². The minimum absolute atomic E-state index is 0.0268. The average molecular weight is 284 g/mol. The summed E-state index contributed by atoms with van der Waals surface area (Å²) in [5.41, 5.74) is 0.622. The summed E-state index contributed by atoms with van der Waals surface area (Å²) in [5.74, 6) is 1.59. The summed E-state index contributed by atoms with van der Waals surface area (Å²) in [7, 11) is 0. The largest absolute Gasteiger partial charge is 0.347 e. The van der Waals surface area contributed by atoms with E-state index < -0.39 is 5.91 Å². The van der Waals surface area contributed by atoms with E-state index in [1.807, 2.05) is 0 Å². The van der Waals surface area contributed by atoms with Crippen molar-refractivity contribution in [3.05, 3.63) is 69.9 Å². The molecule has 0 spiro atoms. The highest BCUT2D eigenvalue weighted by molar-refractivity contribution is 5.92. The second-order valence-corrected chi connectivity index (χ2v) is 4.35. The maximum atomic E-state index is 12.8. The zero-order valence-electron chi connectivity index (χ0n) is 11.2. The highest BCUT2D eigenvalue weighted by atomic mass is 19.1. The molecule has 0 atom stereocenters. The molecule has 0 fully saturated rings. The van der Waals surface area contributed by atoms with Crippen molar-refractivity contribution in [1.82, 2.24) is 9.88 Å². The molecule has 0 bridgehead atoms. The fourth-order valence-corrected chi connectivity index (χ4v) is 1.85. The molecular formula is C16H13FN2O2. The molecule has 0 aliphatic heterocycles. The monoisotopic (exact) mass is 284 g/mol. The van der Waals surface area contributed by atoms with E-state index in [4.69, 9.17) is 6.42 Å². The van der Waals surface area contributed by atoms with Gasteiger partial charge in [-0.25, -0.2) is 4.39 Å². The maximum absolute atomic E-state index is 12.8. The number of benzene rings is 1. The minimum atomic E-state index is -0.410. The Morgan fingerprint density at radius 1 is 1.24 bits per heavy atom. The van der Waals surface area contributed by atoms with E-state index >= 15 is 0 Å². The van der Waals surface area contributed by atoms with Crippen LogP contribution in [-0.4, -0.2) is 10.5 Å². The number of carbonyl (C=O) groups is 1. The molecule has 1 N–H and O–H groups in total. The Labute approximate surface area is 121 Å². The summed E-state index contributed by atoms with van der Waals surface area (Å²) < 4.78 is 14.0. The van der Waals surface area contributed by atoms with Gasteiger partial charge in [-0.3, -0.25) is 14.2 Å². The van der Waals surface area contributed by atoms with Crippen LogP contribution in [-0.2, 0) is 13.1 Å². The molecule has 0 saturated heterocycles. The Kier molecular flexibility index (Phi) is 4.52. The van der Waals surface area contributed by atoms with Crippen molar-refractivity contribution in [2.24, 2.45) is 0 Å². The van der Waals surface area contributed by atoms with Crippen LogP contribution in [0.2, 0.25) is 0 Å². The fourth-order valence-electron chi connectivity index (χ4n) is 1.85. The summed E-state index contributed by atoms with van der Waals surface area (Å²) >= 11 is 0. The Hall–Kier alpha value is -2.87. The Bertz CT molecular complexity index is 742. The van der Waals surface area contributed by atoms with Gasteiger partial charge in [0.2, 0.25) is 0 Å². The molecule has 5 heteroatoms. The zero-order valence-corrected chi connectivity index (χ0v) is 11.2. The van der Waals surface area contributed by atoms with Gasteiger partial charge in [0.15, 0.2) is 0 Å². The van der Waals surface area contributed by atoms with E-state index in [0.717, 1.165) is 5.56 Å². The van der Waals surface area contributed by atoms with E-state index in [1.165, 1.54) is 34.9 Å². The first kappa shape index (κ1) is 14.5. The highest BCUT2D eigenvalue weighted by Crippen LogP contribution is 2.03. The maximum Gasteiger partial charge on any atom is 0.268 e. The van der Waals surface area contributed by atoms with Crippen molar-refractivity contribution in [1.29, 1.82) is 0 Å². The zero-order chi connectivity index (χ0) is 15.2. The number of nitrogens with one attached hydrogen (secondary N) is 1. The highest BCUT2D eigenvalue weighted by Gasteiger charge is 2.11. The smallest absolute Gasteiger partial charge is 0.268 e. The first-order valence-corrected chi connectivity index (χ1v) is 6.28. The predicted octanol–water partition coefficient (Wildman–Crippen LogP) is 1.55. The van der Waals surface area contributed by atoms with Crippen molar-refractivity contribution in [3.63, 3.8) is 0 Å². The number of halogens is 1. The summed E-state index contributed by atoms with van der Waals surface area (Å²) in [4.78, 5) is 23.8. The third-order valence-corrected chi connectivity index (χ3v) is 2.90. The standard InChI is InChI=1S/C16H13FN2O2/c1-2-10-19-14(4-3-5-15(19)20)16(21)18-11-12-6-8-13(17)9-7-12/h1,3-9H,10-11H2,(H,18,21). The SMILES string of the molecule is C#CCn1c(C(=O)NCc2ccc(F)cc2)cccc1=O. The van der Waals surface area contributed by atoms with Gasteiger partial charge in [0.1, 0.15) is 11.5 Å². The Morgan fingerprint density at radius 3 is 2.62 bits per heavy atom. The van der Waals surface area contributed by atoms with E-state index in [1.54, 1.807) is 12.1 Å². The first-order chi connectivity index (χ1) is 10.1. The number of nitrogens with zero attached hydrogens (tertiary/aromatic N) is 1. The lowest BCUT2D eigenvalue weighted by molar-refractivity contribution is 0.0941. The van der Waals surface area contributed by atoms with Crippen molar-refractivity contribution in [2.45, 2.75) is 13.1 Å². The Balaban J connectivity index is 2.14. The van der Waals surface area contributed by atoms with E-state index in [2.05, 4.69) is 11.2 Å². The van der Waals surface area contributed by atoms with Crippen LogP contribution in [0.25, 0.3) is 0 Å². The molecule has 0 radical (unpaired) electrons. The fraction of sp³-hybridized carbons (Fsp3) is 0.125. The number of carbonyl (C=O) groups excluding carboxylic acids is 1. The van der Waals surface area contributed by atoms with Gasteiger partial charge in [0, 0.05) is 12.6 Å². The first-order valence-electron chi connectivity index (χ1n) is 6.28. The van der Waals surface area contributed by atoms with Gasteiger partial charge in [-0.2, -0.15) is 0 Å². The molecule has 21 heavy (non-hydrogen) atoms. The molecule has 0 aliphatic rings. The normalized spacial score (nSPS) is 9.90. The molecule has 1 heterocycles. The van der Waals surface area contributed by atoms with Crippen LogP contribution in [0.3, 0.4) is 0 Å². The van der Waals surface area contributed by atoms with E-state index in [0.29, 0.717) is 0 Å². The minimum Gasteiger partial charge on any atom is -0.347 e. The molecule has 0 unspecified atom stereocenters. The van der Waals surface area contributed by atoms with Crippen LogP contribution in [0.5, 0.6) is 0 Å². The van der Waals surface area contributed by atoms with Crippen LogP contribution >= 0.6 is 0 Å². The van der Waals surface area contributed by atoms with Gasteiger partial charge in [-0.15, -0.1) is 6.42 Å². The molecule has 0 saturated carbocycles. The number of pyridine rings is 1. The van der Waals surface area contributed by atoms with Crippen LogP contribution in [0.1, 0.15) is 16.1 Å². The van der Waals surface area contributed by atoms with Crippen LogP contribution in [0, 0.1) is 18.2 Å². The second-order valence-electron chi connectivity index (χ2n) is 4.35. The number of amides is 1. The number of terminal acetylenes is 1. The van der Waals surface area contributed by atoms with Gasteiger partial charge in [0.25, 0.3) is 11.5 Å². The van der Waals surface area contributed by atoms with Crippen LogP contribution in [0.15, 0.2) is 47.3 Å².